The predicted octanol–water partition coefficient (Wildman–Crippen LogP) is 3.91. The van der Waals surface area contributed by atoms with Crippen LogP contribution in [-0.2, 0) is 14.8 Å². The summed E-state index contributed by atoms with van der Waals surface area (Å²) in [5.74, 6) is 0.757. The van der Waals surface area contributed by atoms with E-state index in [1.807, 2.05) is 18.2 Å². The van der Waals surface area contributed by atoms with Crippen molar-refractivity contribution < 1.29 is 17.6 Å². The number of furan rings is 1. The Kier molecular flexibility index (Phi) is 5.45. The molecule has 0 bridgehead atoms. The molecule has 4 rings (SSSR count). The Balaban J connectivity index is 1.64. The molecular formula is C21H25N3O4S. The molecule has 7 nitrogen and oxygen atoms in total. The van der Waals surface area contributed by atoms with Gasteiger partial charge in [0.15, 0.2) is 0 Å². The van der Waals surface area contributed by atoms with E-state index < -0.39 is 10.0 Å². The molecule has 0 saturated heterocycles. The fourth-order valence-electron chi connectivity index (χ4n) is 4.10. The molecule has 2 aromatic rings. The lowest BCUT2D eigenvalue weighted by atomic mass is 9.88. The first kappa shape index (κ1) is 19.7. The Morgan fingerprint density at radius 2 is 1.97 bits per heavy atom. The number of hydrogen-bond acceptors (Lipinski definition) is 5. The lowest BCUT2D eigenvalue weighted by molar-refractivity contribution is -0.138. The molecule has 1 aliphatic heterocycles. The third-order valence-electron chi connectivity index (χ3n) is 5.46. The van der Waals surface area contributed by atoms with Crippen molar-refractivity contribution in [2.75, 3.05) is 11.0 Å². The second-order valence-corrected chi connectivity index (χ2v) is 9.50. The van der Waals surface area contributed by atoms with Gasteiger partial charge in [0.05, 0.1) is 18.2 Å². The number of carbonyl (C=O) groups excluding carboxylic acids is 1. The van der Waals surface area contributed by atoms with E-state index in [-0.39, 0.29) is 17.9 Å². The van der Waals surface area contributed by atoms with Crippen LogP contribution in [0.5, 0.6) is 0 Å². The van der Waals surface area contributed by atoms with Gasteiger partial charge in [0.25, 0.3) is 0 Å². The third-order valence-corrected chi connectivity index (χ3v) is 6.07. The molecule has 1 N–H and O–H groups in total. The molecule has 1 fully saturated rings. The fourth-order valence-corrected chi connectivity index (χ4v) is 4.66. The molecule has 1 unspecified atom stereocenters. The van der Waals surface area contributed by atoms with E-state index in [0.717, 1.165) is 43.2 Å². The lowest BCUT2D eigenvalue weighted by Gasteiger charge is -2.27. The molecule has 2 heterocycles. The number of hydrazone groups is 1. The van der Waals surface area contributed by atoms with Crippen LogP contribution < -0.4 is 4.72 Å². The molecule has 1 aliphatic carbocycles. The molecule has 2 aliphatic rings. The van der Waals surface area contributed by atoms with Crippen molar-refractivity contribution in [2.24, 2.45) is 11.0 Å². The summed E-state index contributed by atoms with van der Waals surface area (Å²) in [5.41, 5.74) is 2.00. The van der Waals surface area contributed by atoms with Gasteiger partial charge in [-0.2, -0.15) is 5.10 Å². The minimum atomic E-state index is -3.37. The number of sulfonamides is 1. The first-order chi connectivity index (χ1) is 13.9. The number of amides is 1. The Hall–Kier alpha value is -2.61. The zero-order valence-corrected chi connectivity index (χ0v) is 17.2. The van der Waals surface area contributed by atoms with Gasteiger partial charge in [0.2, 0.25) is 15.9 Å². The van der Waals surface area contributed by atoms with Crippen LogP contribution >= 0.6 is 0 Å². The summed E-state index contributed by atoms with van der Waals surface area (Å²) >= 11 is 0. The predicted molar refractivity (Wildman–Crippen MR) is 111 cm³/mol. The van der Waals surface area contributed by atoms with Gasteiger partial charge in [-0.3, -0.25) is 9.52 Å². The van der Waals surface area contributed by atoms with Gasteiger partial charge in [-0.05, 0) is 42.7 Å². The maximum Gasteiger partial charge on any atom is 0.246 e. The summed E-state index contributed by atoms with van der Waals surface area (Å²) in [6.07, 6.45) is 8.38. The van der Waals surface area contributed by atoms with Gasteiger partial charge in [0.1, 0.15) is 11.8 Å². The van der Waals surface area contributed by atoms with Gasteiger partial charge in [0, 0.05) is 18.0 Å². The molecule has 0 radical (unpaired) electrons. The van der Waals surface area contributed by atoms with Crippen molar-refractivity contribution in [3.8, 4) is 0 Å². The van der Waals surface area contributed by atoms with Gasteiger partial charge in [-0.1, -0.05) is 31.4 Å². The average Bonchev–Trinajstić information content (AvgIpc) is 3.37. The number of anilines is 1. The molecule has 8 heteroatoms. The van der Waals surface area contributed by atoms with Gasteiger partial charge >= 0.3 is 0 Å². The summed E-state index contributed by atoms with van der Waals surface area (Å²) in [6.45, 7) is 0. The quantitative estimate of drug-likeness (QED) is 0.801. The van der Waals surface area contributed by atoms with Crippen molar-refractivity contribution >= 4 is 27.3 Å². The summed E-state index contributed by atoms with van der Waals surface area (Å²) in [4.78, 5) is 13.2. The maximum atomic E-state index is 13.2. The molecular weight excluding hydrogens is 390 g/mol. The van der Waals surface area contributed by atoms with Crippen LogP contribution in [0.3, 0.4) is 0 Å². The zero-order chi connectivity index (χ0) is 20.4. The van der Waals surface area contributed by atoms with Crippen molar-refractivity contribution in [3.05, 3.63) is 54.0 Å². The highest BCUT2D eigenvalue weighted by molar-refractivity contribution is 7.92. The number of benzene rings is 1. The van der Waals surface area contributed by atoms with Crippen molar-refractivity contribution in [3.63, 3.8) is 0 Å². The van der Waals surface area contributed by atoms with E-state index in [0.29, 0.717) is 17.9 Å². The van der Waals surface area contributed by atoms with Crippen LogP contribution in [0.1, 0.15) is 55.9 Å². The zero-order valence-electron chi connectivity index (χ0n) is 16.4. The minimum Gasteiger partial charge on any atom is -0.467 e. The number of nitrogens with zero attached hydrogens (tertiary/aromatic N) is 2. The highest BCUT2D eigenvalue weighted by atomic mass is 32.2. The van der Waals surface area contributed by atoms with E-state index in [2.05, 4.69) is 9.82 Å². The largest absolute Gasteiger partial charge is 0.467 e. The van der Waals surface area contributed by atoms with E-state index in [9.17, 15) is 13.2 Å². The van der Waals surface area contributed by atoms with E-state index >= 15 is 0 Å². The SMILES string of the molecule is CS(=O)(=O)Nc1cccc(C2=NN(C(=O)C3CCCCC3)C(c3ccco3)C2)c1. The van der Waals surface area contributed by atoms with Gasteiger partial charge < -0.3 is 4.42 Å². The van der Waals surface area contributed by atoms with Gasteiger partial charge in [-0.25, -0.2) is 13.4 Å². The second kappa shape index (κ2) is 8.02. The monoisotopic (exact) mass is 415 g/mol. The molecule has 29 heavy (non-hydrogen) atoms. The topological polar surface area (TPSA) is 92.0 Å². The van der Waals surface area contributed by atoms with Crippen molar-refractivity contribution in [2.45, 2.75) is 44.6 Å². The number of carbonyl (C=O) groups is 1. The highest BCUT2D eigenvalue weighted by Gasteiger charge is 2.38. The Morgan fingerprint density at radius 1 is 1.17 bits per heavy atom. The number of rotatable bonds is 5. The normalized spacial score (nSPS) is 20.5. The first-order valence-corrected chi connectivity index (χ1v) is 11.8. The van der Waals surface area contributed by atoms with Crippen LogP contribution in [0.4, 0.5) is 5.69 Å². The smallest absolute Gasteiger partial charge is 0.246 e. The summed E-state index contributed by atoms with van der Waals surface area (Å²) in [7, 11) is -3.37. The van der Waals surface area contributed by atoms with Crippen molar-refractivity contribution in [1.82, 2.24) is 5.01 Å². The molecule has 1 aromatic heterocycles. The lowest BCUT2D eigenvalue weighted by Crippen LogP contribution is -2.33. The average molecular weight is 416 g/mol. The molecule has 154 valence electrons. The van der Waals surface area contributed by atoms with Crippen LogP contribution in [-0.4, -0.2) is 31.3 Å². The number of hydrogen-bond donors (Lipinski definition) is 1. The van der Waals surface area contributed by atoms with E-state index in [4.69, 9.17) is 4.42 Å². The first-order valence-electron chi connectivity index (χ1n) is 9.93. The Labute approximate surface area is 170 Å². The van der Waals surface area contributed by atoms with Crippen LogP contribution in [0.15, 0.2) is 52.2 Å². The Morgan fingerprint density at radius 3 is 2.66 bits per heavy atom. The van der Waals surface area contributed by atoms with Crippen LogP contribution in [0, 0.1) is 5.92 Å². The van der Waals surface area contributed by atoms with Crippen LogP contribution in [0.25, 0.3) is 0 Å². The fraction of sp³-hybridized carbons (Fsp3) is 0.429. The minimum absolute atomic E-state index is 0.00236. The summed E-state index contributed by atoms with van der Waals surface area (Å²) in [5, 5.41) is 6.26. The number of nitrogens with one attached hydrogen (secondary N) is 1. The molecule has 1 aromatic carbocycles. The summed E-state index contributed by atoms with van der Waals surface area (Å²) in [6, 6.07) is 10.5. The van der Waals surface area contributed by atoms with E-state index in [1.165, 1.54) is 6.42 Å². The second-order valence-electron chi connectivity index (χ2n) is 7.75. The molecule has 1 saturated carbocycles. The van der Waals surface area contributed by atoms with Crippen molar-refractivity contribution in [1.29, 1.82) is 0 Å². The standard InChI is InChI=1S/C21H25N3O4S/c1-29(26,27)23-17-10-5-9-16(13-17)18-14-19(20-11-6-12-28-20)24(22-18)21(25)15-7-3-2-4-8-15/h5-6,9-13,15,19,23H,2-4,7-8,14H2,1H3. The van der Waals surface area contributed by atoms with Gasteiger partial charge in [-0.15, -0.1) is 0 Å². The Bertz CT molecular complexity index is 1010. The van der Waals surface area contributed by atoms with Crippen LogP contribution in [0.2, 0.25) is 0 Å². The molecule has 1 atom stereocenters. The highest BCUT2D eigenvalue weighted by Crippen LogP contribution is 2.36. The summed E-state index contributed by atoms with van der Waals surface area (Å²) < 4.78 is 31.2. The molecule has 0 spiro atoms. The van der Waals surface area contributed by atoms with E-state index in [1.54, 1.807) is 29.5 Å². The third kappa shape index (κ3) is 4.53. The molecule has 1 amide bonds. The maximum absolute atomic E-state index is 13.2.